The SMILES string of the molecule is C[C@]1(C(=O)N2CCC3(S(=O)(=O)c4cccc(F)c4)c4ccc(C(F)(C(F)(F)F)C(F)(F)F)cc4CCC23)CC[C@H](C(=O)O)CC1. The quantitative estimate of drug-likeness (QED) is 0.363. The van der Waals surface area contributed by atoms with Gasteiger partial charge in [-0.3, -0.25) is 9.59 Å². The molecule has 246 valence electrons. The highest BCUT2D eigenvalue weighted by molar-refractivity contribution is 7.92. The Hall–Kier alpha value is -3.23. The molecule has 45 heavy (non-hydrogen) atoms. The number of aliphatic carboxylic acids is 1. The Bertz CT molecular complexity index is 1620. The summed E-state index contributed by atoms with van der Waals surface area (Å²) in [6.45, 7) is 1.49. The van der Waals surface area contributed by atoms with Gasteiger partial charge >= 0.3 is 24.0 Å². The van der Waals surface area contributed by atoms with E-state index in [1.165, 1.54) is 4.90 Å². The highest BCUT2D eigenvalue weighted by Crippen LogP contribution is 2.57. The zero-order valence-corrected chi connectivity index (χ0v) is 24.6. The monoisotopic (exact) mass is 667 g/mol. The molecular weight excluding hydrogens is 638 g/mol. The maximum atomic E-state index is 15.0. The average molecular weight is 668 g/mol. The van der Waals surface area contributed by atoms with Crippen LogP contribution in [0.1, 0.15) is 62.1 Å². The molecule has 1 saturated heterocycles. The second kappa shape index (κ2) is 10.7. The van der Waals surface area contributed by atoms with E-state index in [9.17, 15) is 53.8 Å². The number of likely N-dealkylation sites (tertiary alicyclic amines) is 1. The van der Waals surface area contributed by atoms with Gasteiger partial charge in [0.1, 0.15) is 10.6 Å². The van der Waals surface area contributed by atoms with Gasteiger partial charge in [0.25, 0.3) is 0 Å². The highest BCUT2D eigenvalue weighted by atomic mass is 32.2. The predicted octanol–water partition coefficient (Wildman–Crippen LogP) is 6.61. The molecular formula is C30H29F8NO5S. The van der Waals surface area contributed by atoms with Crippen LogP contribution in [0, 0.1) is 17.2 Å². The van der Waals surface area contributed by atoms with Crippen molar-refractivity contribution in [1.29, 1.82) is 0 Å². The van der Waals surface area contributed by atoms with Gasteiger partial charge in [0.15, 0.2) is 9.84 Å². The second-order valence-corrected chi connectivity index (χ2v) is 14.6. The molecule has 0 spiro atoms. The number of aryl methyl sites for hydroxylation is 1. The molecule has 2 aromatic carbocycles. The first kappa shape index (κ1) is 33.1. The van der Waals surface area contributed by atoms with Crippen LogP contribution >= 0.6 is 0 Å². The topological polar surface area (TPSA) is 91.8 Å². The number of hydrogen-bond acceptors (Lipinski definition) is 4. The zero-order chi connectivity index (χ0) is 33.4. The van der Waals surface area contributed by atoms with Crippen molar-refractivity contribution in [3.8, 4) is 0 Å². The average Bonchev–Trinajstić information content (AvgIpc) is 3.36. The molecule has 2 unspecified atom stereocenters. The van der Waals surface area contributed by atoms with E-state index in [4.69, 9.17) is 0 Å². The van der Waals surface area contributed by atoms with Crippen molar-refractivity contribution >= 4 is 21.7 Å². The number of nitrogens with zero attached hydrogens (tertiary/aromatic N) is 1. The highest BCUT2D eigenvalue weighted by Gasteiger charge is 2.74. The Morgan fingerprint density at radius 3 is 2.09 bits per heavy atom. The Kier molecular flexibility index (Phi) is 7.85. The minimum Gasteiger partial charge on any atom is -0.481 e. The number of halogens is 8. The number of rotatable bonds is 5. The predicted molar refractivity (Wildman–Crippen MR) is 143 cm³/mol. The maximum absolute atomic E-state index is 15.0. The summed E-state index contributed by atoms with van der Waals surface area (Å²) in [6, 6.07) is 4.21. The van der Waals surface area contributed by atoms with Gasteiger partial charge in [-0.15, -0.1) is 0 Å². The molecule has 1 saturated carbocycles. The molecule has 1 N–H and O–H groups in total. The molecule has 2 fully saturated rings. The first-order valence-corrected chi connectivity index (χ1v) is 15.7. The van der Waals surface area contributed by atoms with E-state index in [0.717, 1.165) is 30.3 Å². The Morgan fingerprint density at radius 2 is 1.53 bits per heavy atom. The van der Waals surface area contributed by atoms with Crippen LogP contribution < -0.4 is 0 Å². The first-order valence-electron chi connectivity index (χ1n) is 14.2. The van der Waals surface area contributed by atoms with Gasteiger partial charge in [-0.05, 0) is 74.3 Å². The summed E-state index contributed by atoms with van der Waals surface area (Å²) in [4.78, 5) is 26.4. The van der Waals surface area contributed by atoms with Gasteiger partial charge < -0.3 is 10.0 Å². The van der Waals surface area contributed by atoms with Crippen molar-refractivity contribution in [2.75, 3.05) is 6.54 Å². The number of carbonyl (C=O) groups is 2. The fraction of sp³-hybridized carbons (Fsp3) is 0.533. The summed E-state index contributed by atoms with van der Waals surface area (Å²) in [6.07, 6.45) is -12.8. The summed E-state index contributed by atoms with van der Waals surface area (Å²) in [5.74, 6) is -3.02. The number of amides is 1. The Balaban J connectivity index is 1.65. The molecule has 3 aliphatic rings. The number of carboxylic acids is 1. The normalized spacial score (nSPS) is 27.5. The standard InChI is InChI=1S/C30H29F8NO5S/c1-26(11-9-17(10-12-26)24(40)41)25(42)39-14-13-27(45(43,44)21-4-2-3-20(31)16-21)22-7-6-19(15-18(22)5-8-23(27)39)28(32,29(33,34)35)30(36,37)38/h2-4,6-7,15-17,23H,5,8-14H2,1H3,(H,40,41)/t17-,23?,26-,27?. The lowest BCUT2D eigenvalue weighted by atomic mass is 9.70. The fourth-order valence-corrected chi connectivity index (χ4v) is 9.78. The fourth-order valence-electron chi connectivity index (χ4n) is 7.38. The minimum absolute atomic E-state index is 0.157. The van der Waals surface area contributed by atoms with E-state index in [0.29, 0.717) is 6.07 Å². The van der Waals surface area contributed by atoms with Crippen LogP contribution in [0.25, 0.3) is 0 Å². The molecule has 2 aliphatic carbocycles. The Morgan fingerprint density at radius 1 is 0.911 bits per heavy atom. The molecule has 2 atom stereocenters. The van der Waals surface area contributed by atoms with Crippen LogP contribution in [0.15, 0.2) is 47.4 Å². The lowest BCUT2D eigenvalue weighted by Gasteiger charge is -2.45. The van der Waals surface area contributed by atoms with E-state index in [1.807, 2.05) is 0 Å². The summed E-state index contributed by atoms with van der Waals surface area (Å²) in [7, 11) is -4.69. The van der Waals surface area contributed by atoms with E-state index in [-0.39, 0.29) is 68.7 Å². The van der Waals surface area contributed by atoms with Crippen LogP contribution in [0.3, 0.4) is 0 Å². The van der Waals surface area contributed by atoms with Gasteiger partial charge in [0, 0.05) is 17.5 Å². The van der Waals surface area contributed by atoms with Gasteiger partial charge in [0.2, 0.25) is 5.91 Å². The van der Waals surface area contributed by atoms with Gasteiger partial charge in [-0.25, -0.2) is 17.2 Å². The molecule has 0 bridgehead atoms. The van der Waals surface area contributed by atoms with E-state index >= 15 is 4.39 Å². The molecule has 2 aromatic rings. The number of sulfone groups is 1. The first-order chi connectivity index (χ1) is 20.7. The molecule has 15 heteroatoms. The number of hydrogen-bond donors (Lipinski definition) is 1. The van der Waals surface area contributed by atoms with Gasteiger partial charge in [-0.1, -0.05) is 31.2 Å². The van der Waals surface area contributed by atoms with Gasteiger partial charge in [0.05, 0.1) is 16.9 Å². The largest absolute Gasteiger partial charge is 0.481 e. The number of benzene rings is 2. The van der Waals surface area contributed by atoms with Crippen molar-refractivity contribution < 1.29 is 58.2 Å². The van der Waals surface area contributed by atoms with Crippen LogP contribution in [-0.4, -0.2) is 55.2 Å². The summed E-state index contributed by atoms with van der Waals surface area (Å²) < 4.78 is 138. The molecule has 1 heterocycles. The van der Waals surface area contributed by atoms with Crippen molar-refractivity contribution in [1.82, 2.24) is 4.90 Å². The summed E-state index contributed by atoms with van der Waals surface area (Å²) in [5.41, 5.74) is -8.99. The van der Waals surface area contributed by atoms with Crippen LogP contribution in [0.2, 0.25) is 0 Å². The van der Waals surface area contributed by atoms with Crippen LogP contribution in [-0.2, 0) is 36.3 Å². The minimum atomic E-state index is -6.38. The third-order valence-corrected chi connectivity index (χ3v) is 12.4. The third-order valence-electron chi connectivity index (χ3n) is 9.87. The maximum Gasteiger partial charge on any atom is 0.435 e. The second-order valence-electron chi connectivity index (χ2n) is 12.4. The Labute approximate surface area is 253 Å². The lowest BCUT2D eigenvalue weighted by molar-refractivity contribution is -0.348. The number of alkyl halides is 7. The van der Waals surface area contributed by atoms with Crippen molar-refractivity contribution in [2.45, 2.75) is 85.6 Å². The lowest BCUT2D eigenvalue weighted by Crippen LogP contribution is -2.55. The van der Waals surface area contributed by atoms with Crippen LogP contribution in [0.5, 0.6) is 0 Å². The number of carbonyl (C=O) groups excluding carboxylic acids is 1. The van der Waals surface area contributed by atoms with Crippen molar-refractivity contribution in [2.24, 2.45) is 11.3 Å². The third kappa shape index (κ3) is 4.91. The summed E-state index contributed by atoms with van der Waals surface area (Å²) >= 11 is 0. The number of fused-ring (bicyclic) bond motifs is 3. The van der Waals surface area contributed by atoms with E-state index < -0.39 is 78.1 Å². The number of carboxylic acid groups (broad SMARTS) is 1. The zero-order valence-electron chi connectivity index (χ0n) is 23.8. The molecule has 0 aromatic heterocycles. The van der Waals surface area contributed by atoms with Gasteiger partial charge in [-0.2, -0.15) is 26.3 Å². The molecule has 5 rings (SSSR count). The summed E-state index contributed by atoms with van der Waals surface area (Å²) in [5, 5.41) is 9.38. The van der Waals surface area contributed by atoms with E-state index in [1.54, 1.807) is 6.92 Å². The van der Waals surface area contributed by atoms with E-state index in [2.05, 4.69) is 0 Å². The van der Waals surface area contributed by atoms with Crippen LogP contribution in [0.4, 0.5) is 35.1 Å². The van der Waals surface area contributed by atoms with Crippen molar-refractivity contribution in [3.63, 3.8) is 0 Å². The molecule has 6 nitrogen and oxygen atoms in total. The molecule has 1 aliphatic heterocycles. The smallest absolute Gasteiger partial charge is 0.435 e. The van der Waals surface area contributed by atoms with Crippen molar-refractivity contribution in [3.05, 3.63) is 65.0 Å². The molecule has 1 amide bonds. The molecule has 0 radical (unpaired) electrons.